The standard InChI is InChI=1S/C12H14N8O4/c1-5-9(19(21)22)11(15-7(3)13-5)17-18-12-10(20(23)24)6(2)14-8(4)16-12/h1-4H3,(H,13,15,17)(H,14,16,18). The van der Waals surface area contributed by atoms with Crippen molar-refractivity contribution in [2.24, 2.45) is 0 Å². The minimum atomic E-state index is -0.635. The summed E-state index contributed by atoms with van der Waals surface area (Å²) in [6.07, 6.45) is 0. The average Bonchev–Trinajstić information content (AvgIpc) is 2.42. The van der Waals surface area contributed by atoms with Crippen LogP contribution >= 0.6 is 0 Å². The van der Waals surface area contributed by atoms with Crippen LogP contribution in [-0.2, 0) is 0 Å². The smallest absolute Gasteiger partial charge is 0.277 e. The van der Waals surface area contributed by atoms with E-state index >= 15 is 0 Å². The lowest BCUT2D eigenvalue weighted by atomic mass is 10.3. The molecule has 2 aromatic rings. The molecule has 2 aromatic heterocycles. The Hall–Kier alpha value is -3.44. The number of rotatable bonds is 5. The van der Waals surface area contributed by atoms with Gasteiger partial charge in [-0.15, -0.1) is 0 Å². The second-order valence-corrected chi connectivity index (χ2v) is 4.87. The molecule has 0 aliphatic rings. The van der Waals surface area contributed by atoms with Crippen LogP contribution in [0.3, 0.4) is 0 Å². The number of anilines is 2. The van der Waals surface area contributed by atoms with E-state index in [1.165, 1.54) is 13.8 Å². The van der Waals surface area contributed by atoms with Gasteiger partial charge in [-0.2, -0.15) is 0 Å². The number of hydrogen-bond donors (Lipinski definition) is 2. The van der Waals surface area contributed by atoms with E-state index in [4.69, 9.17) is 0 Å². The third-order valence-corrected chi connectivity index (χ3v) is 3.00. The van der Waals surface area contributed by atoms with Gasteiger partial charge >= 0.3 is 11.4 Å². The molecule has 2 N–H and O–H groups in total. The van der Waals surface area contributed by atoms with Crippen LogP contribution in [0.15, 0.2) is 0 Å². The van der Waals surface area contributed by atoms with Gasteiger partial charge in [0.15, 0.2) is 0 Å². The van der Waals surface area contributed by atoms with Crippen molar-refractivity contribution in [2.45, 2.75) is 27.7 Å². The minimum Gasteiger partial charge on any atom is -0.277 e. The highest BCUT2D eigenvalue weighted by Gasteiger charge is 2.24. The highest BCUT2D eigenvalue weighted by atomic mass is 16.6. The van der Waals surface area contributed by atoms with Crippen LogP contribution in [0.25, 0.3) is 0 Å². The van der Waals surface area contributed by atoms with Crippen molar-refractivity contribution in [3.05, 3.63) is 43.3 Å². The summed E-state index contributed by atoms with van der Waals surface area (Å²) in [5.41, 5.74) is 4.68. The summed E-state index contributed by atoms with van der Waals surface area (Å²) in [6, 6.07) is 0. The van der Waals surface area contributed by atoms with Crippen LogP contribution in [0.1, 0.15) is 23.0 Å². The summed E-state index contributed by atoms with van der Waals surface area (Å²) < 4.78 is 0. The first-order chi connectivity index (χ1) is 11.2. The number of aryl methyl sites for hydroxylation is 4. The summed E-state index contributed by atoms with van der Waals surface area (Å²) in [7, 11) is 0. The molecule has 0 amide bonds. The van der Waals surface area contributed by atoms with Gasteiger partial charge in [-0.05, 0) is 27.7 Å². The maximum atomic E-state index is 11.2. The molecule has 126 valence electrons. The Bertz CT molecular complexity index is 769. The van der Waals surface area contributed by atoms with Crippen LogP contribution in [0.5, 0.6) is 0 Å². The summed E-state index contributed by atoms with van der Waals surface area (Å²) in [5, 5.41) is 22.3. The molecule has 0 saturated heterocycles. The fourth-order valence-electron chi connectivity index (χ4n) is 2.14. The zero-order chi connectivity index (χ0) is 18.0. The largest absolute Gasteiger partial charge is 0.334 e. The highest BCUT2D eigenvalue weighted by molar-refractivity contribution is 5.65. The van der Waals surface area contributed by atoms with Crippen LogP contribution in [-0.4, -0.2) is 29.8 Å². The van der Waals surface area contributed by atoms with Crippen molar-refractivity contribution in [3.8, 4) is 0 Å². The minimum absolute atomic E-state index is 0.117. The van der Waals surface area contributed by atoms with Crippen molar-refractivity contribution in [2.75, 3.05) is 10.9 Å². The van der Waals surface area contributed by atoms with Gasteiger partial charge in [-0.25, -0.2) is 19.9 Å². The van der Waals surface area contributed by atoms with Crippen LogP contribution in [0, 0.1) is 47.9 Å². The number of aromatic nitrogens is 4. The summed E-state index contributed by atoms with van der Waals surface area (Å²) in [5.74, 6) is 0.389. The predicted molar refractivity (Wildman–Crippen MR) is 83.6 cm³/mol. The first-order valence-electron chi connectivity index (χ1n) is 6.72. The van der Waals surface area contributed by atoms with E-state index in [-0.39, 0.29) is 34.4 Å². The first kappa shape index (κ1) is 16.9. The molecule has 0 aliphatic heterocycles. The fraction of sp³-hybridized carbons (Fsp3) is 0.333. The van der Waals surface area contributed by atoms with Gasteiger partial charge in [0, 0.05) is 0 Å². The maximum absolute atomic E-state index is 11.2. The molecule has 12 heteroatoms. The van der Waals surface area contributed by atoms with Crippen molar-refractivity contribution >= 4 is 23.0 Å². The summed E-state index contributed by atoms with van der Waals surface area (Å²) in [4.78, 5) is 36.8. The van der Waals surface area contributed by atoms with Gasteiger partial charge in [-0.1, -0.05) is 0 Å². The van der Waals surface area contributed by atoms with Gasteiger partial charge in [0.05, 0.1) is 9.85 Å². The molecule has 0 saturated carbocycles. The Kier molecular flexibility index (Phi) is 4.48. The Balaban J connectivity index is 2.43. The van der Waals surface area contributed by atoms with Gasteiger partial charge in [0.1, 0.15) is 23.0 Å². The van der Waals surface area contributed by atoms with Crippen molar-refractivity contribution in [1.29, 1.82) is 0 Å². The average molecular weight is 334 g/mol. The zero-order valence-electron chi connectivity index (χ0n) is 13.3. The number of hydrazine groups is 1. The van der Waals surface area contributed by atoms with Crippen LogP contribution < -0.4 is 10.9 Å². The van der Waals surface area contributed by atoms with Crippen LogP contribution in [0.4, 0.5) is 23.0 Å². The van der Waals surface area contributed by atoms with E-state index in [1.807, 2.05) is 0 Å². The summed E-state index contributed by atoms with van der Waals surface area (Å²) >= 11 is 0. The monoisotopic (exact) mass is 334 g/mol. The molecule has 24 heavy (non-hydrogen) atoms. The molecule has 0 bridgehead atoms. The van der Waals surface area contributed by atoms with Crippen molar-refractivity contribution in [3.63, 3.8) is 0 Å². The van der Waals surface area contributed by atoms with E-state index in [0.717, 1.165) is 0 Å². The van der Waals surface area contributed by atoms with Crippen molar-refractivity contribution in [1.82, 2.24) is 19.9 Å². The molecule has 2 heterocycles. The normalized spacial score (nSPS) is 10.3. The fourth-order valence-corrected chi connectivity index (χ4v) is 2.14. The second-order valence-electron chi connectivity index (χ2n) is 4.87. The third-order valence-electron chi connectivity index (χ3n) is 3.00. The van der Waals surface area contributed by atoms with E-state index in [0.29, 0.717) is 11.6 Å². The van der Waals surface area contributed by atoms with E-state index in [1.54, 1.807) is 13.8 Å². The highest BCUT2D eigenvalue weighted by Crippen LogP contribution is 2.28. The Labute approximate surface area is 135 Å². The molecule has 0 spiro atoms. The molecular formula is C12H14N8O4. The number of nitro groups is 2. The lowest BCUT2D eigenvalue weighted by Crippen LogP contribution is -2.17. The second kappa shape index (κ2) is 6.36. The number of hydrogen-bond acceptors (Lipinski definition) is 10. The van der Waals surface area contributed by atoms with Gasteiger partial charge in [-0.3, -0.25) is 31.1 Å². The van der Waals surface area contributed by atoms with Crippen molar-refractivity contribution < 1.29 is 9.85 Å². The molecule has 0 unspecified atom stereocenters. The Morgan fingerprint density at radius 1 is 0.708 bits per heavy atom. The molecular weight excluding hydrogens is 320 g/mol. The Morgan fingerprint density at radius 3 is 1.33 bits per heavy atom. The van der Waals surface area contributed by atoms with E-state index in [2.05, 4.69) is 30.8 Å². The molecule has 2 rings (SSSR count). The van der Waals surface area contributed by atoms with E-state index in [9.17, 15) is 20.2 Å². The quantitative estimate of drug-likeness (QED) is 0.608. The van der Waals surface area contributed by atoms with Gasteiger partial charge in [0.2, 0.25) is 11.6 Å². The van der Waals surface area contributed by atoms with Gasteiger partial charge < -0.3 is 0 Å². The van der Waals surface area contributed by atoms with Gasteiger partial charge in [0.25, 0.3) is 0 Å². The topological polar surface area (TPSA) is 162 Å². The maximum Gasteiger partial charge on any atom is 0.334 e. The predicted octanol–water partition coefficient (Wildman–Crippen LogP) is 1.76. The number of nitrogens with zero attached hydrogens (tertiary/aromatic N) is 6. The first-order valence-corrected chi connectivity index (χ1v) is 6.72. The molecule has 0 radical (unpaired) electrons. The Morgan fingerprint density at radius 2 is 1.04 bits per heavy atom. The molecule has 0 atom stereocenters. The lowest BCUT2D eigenvalue weighted by molar-refractivity contribution is -0.385. The lowest BCUT2D eigenvalue weighted by Gasteiger charge is -2.11. The summed E-state index contributed by atoms with van der Waals surface area (Å²) in [6.45, 7) is 6.09. The molecule has 0 aliphatic carbocycles. The number of nitrogens with one attached hydrogen (secondary N) is 2. The SMILES string of the molecule is Cc1nc(C)c([N+](=O)[O-])c(NNc2nc(C)nc(C)c2[N+](=O)[O-])n1. The molecule has 0 fully saturated rings. The molecule has 0 aromatic carbocycles. The van der Waals surface area contributed by atoms with E-state index < -0.39 is 9.85 Å². The molecule has 12 nitrogen and oxygen atoms in total. The zero-order valence-corrected chi connectivity index (χ0v) is 13.3. The third kappa shape index (κ3) is 3.31. The van der Waals surface area contributed by atoms with Crippen LogP contribution in [0.2, 0.25) is 0 Å².